The van der Waals surface area contributed by atoms with Gasteiger partial charge in [0.05, 0.1) is 12.7 Å². The minimum absolute atomic E-state index is 0.0905. The summed E-state index contributed by atoms with van der Waals surface area (Å²) in [6, 6.07) is 9.31. The van der Waals surface area contributed by atoms with Crippen LogP contribution >= 0.6 is 0 Å². The third-order valence-electron chi connectivity index (χ3n) is 4.48. The predicted octanol–water partition coefficient (Wildman–Crippen LogP) is 5.17. The number of methoxy groups -OCH3 is 1. The first-order valence-corrected chi connectivity index (χ1v) is 9.15. The molecule has 9 heteroatoms. The quantitative estimate of drug-likeness (QED) is 0.558. The van der Waals surface area contributed by atoms with Gasteiger partial charge in [0.25, 0.3) is 0 Å². The fraction of sp³-hybridized carbons (Fsp3) is 0.381. The van der Waals surface area contributed by atoms with E-state index in [4.69, 9.17) is 4.74 Å². The lowest BCUT2D eigenvalue weighted by Gasteiger charge is -2.14. The summed E-state index contributed by atoms with van der Waals surface area (Å²) in [6.07, 6.45) is -3.92. The molecule has 0 radical (unpaired) electrons. The van der Waals surface area contributed by atoms with Crippen LogP contribution in [0.4, 0.5) is 22.0 Å². The maximum absolute atomic E-state index is 12.6. The van der Waals surface area contributed by atoms with Crippen molar-refractivity contribution >= 4 is 5.91 Å². The van der Waals surface area contributed by atoms with E-state index in [2.05, 4.69) is 10.1 Å². The zero-order valence-electron chi connectivity index (χ0n) is 16.4. The summed E-state index contributed by atoms with van der Waals surface area (Å²) in [4.78, 5) is 12.1. The highest BCUT2D eigenvalue weighted by Crippen LogP contribution is 2.31. The van der Waals surface area contributed by atoms with Gasteiger partial charge in [0.15, 0.2) is 11.5 Å². The summed E-state index contributed by atoms with van der Waals surface area (Å²) >= 11 is 0. The van der Waals surface area contributed by atoms with Crippen LogP contribution in [0.25, 0.3) is 0 Å². The standard InChI is InChI=1S/C21H22F5NO3/c1-13(15-4-6-16(7-5-15)21(24,25)26)11-19(28)27-10-9-14-3-8-17(29-2)18(12-14)30-20(22)23/h3-8,12-13,20H,9-11H2,1-2H3,(H,27,28). The van der Waals surface area contributed by atoms with Gasteiger partial charge in [-0.05, 0) is 47.7 Å². The molecule has 0 aromatic heterocycles. The van der Waals surface area contributed by atoms with Gasteiger partial charge in [0.2, 0.25) is 5.91 Å². The molecule has 164 valence electrons. The summed E-state index contributed by atoms with van der Waals surface area (Å²) in [5.41, 5.74) is 0.558. The molecule has 1 N–H and O–H groups in total. The first-order valence-electron chi connectivity index (χ1n) is 9.15. The molecule has 0 saturated carbocycles. The van der Waals surface area contributed by atoms with Gasteiger partial charge in [0, 0.05) is 13.0 Å². The number of rotatable bonds is 9. The maximum Gasteiger partial charge on any atom is 0.416 e. The van der Waals surface area contributed by atoms with Crippen molar-refractivity contribution in [3.63, 3.8) is 0 Å². The molecule has 0 aliphatic heterocycles. The number of amides is 1. The third-order valence-corrected chi connectivity index (χ3v) is 4.48. The van der Waals surface area contributed by atoms with E-state index in [1.165, 1.54) is 31.4 Å². The Kier molecular flexibility index (Phi) is 8.02. The van der Waals surface area contributed by atoms with Gasteiger partial charge >= 0.3 is 12.8 Å². The Morgan fingerprint density at radius 1 is 1.07 bits per heavy atom. The summed E-state index contributed by atoms with van der Waals surface area (Å²) < 4.78 is 72.2. The molecule has 2 aromatic rings. The van der Waals surface area contributed by atoms with Crippen LogP contribution < -0.4 is 14.8 Å². The van der Waals surface area contributed by atoms with Crippen molar-refractivity contribution in [3.8, 4) is 11.5 Å². The molecule has 0 saturated heterocycles. The zero-order valence-corrected chi connectivity index (χ0v) is 16.4. The molecule has 1 unspecified atom stereocenters. The Labute approximate surface area is 171 Å². The molecular formula is C21H22F5NO3. The smallest absolute Gasteiger partial charge is 0.416 e. The summed E-state index contributed by atoms with van der Waals surface area (Å²) in [7, 11) is 1.34. The normalized spacial score (nSPS) is 12.5. The number of carbonyl (C=O) groups is 1. The SMILES string of the molecule is COc1ccc(CCNC(=O)CC(C)c2ccc(C(F)(F)F)cc2)cc1OC(F)F. The third kappa shape index (κ3) is 6.89. The topological polar surface area (TPSA) is 47.6 Å². The monoisotopic (exact) mass is 431 g/mol. The number of halogens is 5. The van der Waals surface area contributed by atoms with Crippen LogP contribution in [0.2, 0.25) is 0 Å². The molecule has 30 heavy (non-hydrogen) atoms. The molecule has 2 aromatic carbocycles. The second kappa shape index (κ2) is 10.3. The number of nitrogens with one attached hydrogen (secondary N) is 1. The molecule has 0 heterocycles. The van der Waals surface area contributed by atoms with Crippen LogP contribution in [0.5, 0.6) is 11.5 Å². The minimum Gasteiger partial charge on any atom is -0.493 e. The number of alkyl halides is 5. The fourth-order valence-corrected chi connectivity index (χ4v) is 2.88. The van der Waals surface area contributed by atoms with Gasteiger partial charge in [-0.1, -0.05) is 25.1 Å². The second-order valence-electron chi connectivity index (χ2n) is 6.69. The maximum atomic E-state index is 12.6. The predicted molar refractivity (Wildman–Crippen MR) is 101 cm³/mol. The molecular weight excluding hydrogens is 409 g/mol. The highest BCUT2D eigenvalue weighted by molar-refractivity contribution is 5.76. The molecule has 0 fully saturated rings. The van der Waals surface area contributed by atoms with E-state index in [0.29, 0.717) is 17.5 Å². The van der Waals surface area contributed by atoms with Crippen LogP contribution in [0.1, 0.15) is 36.0 Å². The van der Waals surface area contributed by atoms with Gasteiger partial charge < -0.3 is 14.8 Å². The summed E-state index contributed by atoms with van der Waals surface area (Å²) in [6.45, 7) is -0.973. The molecule has 2 rings (SSSR count). The van der Waals surface area contributed by atoms with Crippen LogP contribution in [0.15, 0.2) is 42.5 Å². The average Bonchev–Trinajstić information content (AvgIpc) is 2.67. The van der Waals surface area contributed by atoms with E-state index < -0.39 is 18.4 Å². The molecule has 4 nitrogen and oxygen atoms in total. The average molecular weight is 431 g/mol. The van der Waals surface area contributed by atoms with Crippen molar-refractivity contribution in [2.45, 2.75) is 38.5 Å². The van der Waals surface area contributed by atoms with Crippen LogP contribution in [0.3, 0.4) is 0 Å². The van der Waals surface area contributed by atoms with Crippen molar-refractivity contribution < 1.29 is 36.2 Å². The van der Waals surface area contributed by atoms with Gasteiger partial charge in [0.1, 0.15) is 0 Å². The van der Waals surface area contributed by atoms with Crippen molar-refractivity contribution in [1.82, 2.24) is 5.32 Å². The largest absolute Gasteiger partial charge is 0.493 e. The first kappa shape index (κ1) is 23.4. The van der Waals surface area contributed by atoms with E-state index in [1.807, 2.05) is 0 Å². The Bertz CT molecular complexity index is 838. The lowest BCUT2D eigenvalue weighted by atomic mass is 9.96. The van der Waals surface area contributed by atoms with E-state index in [9.17, 15) is 26.7 Å². The Balaban J connectivity index is 1.86. The van der Waals surface area contributed by atoms with Gasteiger partial charge in [-0.25, -0.2) is 0 Å². The molecule has 0 spiro atoms. The first-order chi connectivity index (χ1) is 14.1. The summed E-state index contributed by atoms with van der Waals surface area (Å²) in [5.74, 6) is -0.444. The van der Waals surface area contributed by atoms with E-state index in [1.54, 1.807) is 13.0 Å². The Morgan fingerprint density at radius 2 is 1.73 bits per heavy atom. The van der Waals surface area contributed by atoms with Gasteiger partial charge in [-0.2, -0.15) is 22.0 Å². The lowest BCUT2D eigenvalue weighted by molar-refractivity contribution is -0.137. The fourth-order valence-electron chi connectivity index (χ4n) is 2.88. The number of benzene rings is 2. The minimum atomic E-state index is -4.40. The van der Waals surface area contributed by atoms with Crippen LogP contribution in [0, 0.1) is 0 Å². The van der Waals surface area contributed by atoms with Crippen LogP contribution in [-0.2, 0) is 17.4 Å². The van der Waals surface area contributed by atoms with E-state index >= 15 is 0 Å². The van der Waals surface area contributed by atoms with E-state index in [0.717, 1.165) is 12.1 Å². The lowest BCUT2D eigenvalue weighted by Crippen LogP contribution is -2.26. The van der Waals surface area contributed by atoms with Gasteiger partial charge in [-0.3, -0.25) is 4.79 Å². The van der Waals surface area contributed by atoms with Crippen molar-refractivity contribution in [2.24, 2.45) is 0 Å². The van der Waals surface area contributed by atoms with Gasteiger partial charge in [-0.15, -0.1) is 0 Å². The highest BCUT2D eigenvalue weighted by Gasteiger charge is 2.30. The van der Waals surface area contributed by atoms with Crippen molar-refractivity contribution in [1.29, 1.82) is 0 Å². The highest BCUT2D eigenvalue weighted by atomic mass is 19.4. The Morgan fingerprint density at radius 3 is 2.30 bits per heavy atom. The van der Waals surface area contributed by atoms with E-state index in [-0.39, 0.29) is 36.3 Å². The molecule has 0 aliphatic rings. The number of hydrogen-bond acceptors (Lipinski definition) is 3. The van der Waals surface area contributed by atoms with Crippen molar-refractivity contribution in [2.75, 3.05) is 13.7 Å². The van der Waals surface area contributed by atoms with Crippen molar-refractivity contribution in [3.05, 3.63) is 59.2 Å². The Hall–Kier alpha value is -2.84. The molecule has 1 amide bonds. The zero-order chi connectivity index (χ0) is 22.3. The number of hydrogen-bond donors (Lipinski definition) is 1. The second-order valence-corrected chi connectivity index (χ2v) is 6.69. The van der Waals surface area contributed by atoms with Crippen LogP contribution in [-0.4, -0.2) is 26.2 Å². The number of ether oxygens (including phenoxy) is 2. The molecule has 0 bridgehead atoms. The molecule has 0 aliphatic carbocycles. The summed E-state index contributed by atoms with van der Waals surface area (Å²) in [5, 5.41) is 2.72. The number of carbonyl (C=O) groups excluding carboxylic acids is 1. The molecule has 1 atom stereocenters.